The van der Waals surface area contributed by atoms with Gasteiger partial charge in [0.1, 0.15) is 0 Å². The van der Waals surface area contributed by atoms with Gasteiger partial charge in [0, 0.05) is 46.5 Å². The number of nitrogens with zero attached hydrogens (tertiary/aromatic N) is 4. The molecule has 0 aliphatic carbocycles. The predicted octanol–water partition coefficient (Wildman–Crippen LogP) is 14.3. The van der Waals surface area contributed by atoms with Crippen LogP contribution in [0.4, 0.5) is 34.1 Å². The molecule has 59 heavy (non-hydrogen) atoms. The standard InChI is InChI=1S/C55H52N4/c1-5-41-10-22-49(23-11-41)58(48-20-8-40(4)9-21-48)52-28-16-44(17-29-52)36-46-32-34-56-54(38-46)55-39-47(33-35-57-55)37-45-18-30-53(31-19-45)59(50-24-12-42(6-2)13-25-50)51-26-14-43(7-3)15-27-51/h8-35,38-39H,5-7,36-37H2,1-4H3. The average Bonchev–Trinajstić information content (AvgIpc) is 3.29. The third-order valence-corrected chi connectivity index (χ3v) is 11.2. The van der Waals surface area contributed by atoms with E-state index in [9.17, 15) is 0 Å². The van der Waals surface area contributed by atoms with E-state index in [-0.39, 0.29) is 0 Å². The molecule has 2 heterocycles. The van der Waals surface area contributed by atoms with Crippen molar-refractivity contribution in [3.8, 4) is 11.4 Å². The van der Waals surface area contributed by atoms with Crippen molar-refractivity contribution in [3.63, 3.8) is 0 Å². The van der Waals surface area contributed by atoms with Crippen molar-refractivity contribution in [3.05, 3.63) is 227 Å². The van der Waals surface area contributed by atoms with Gasteiger partial charge in [-0.3, -0.25) is 9.97 Å². The Morgan fingerprint density at radius 1 is 0.322 bits per heavy atom. The second kappa shape index (κ2) is 18.2. The van der Waals surface area contributed by atoms with E-state index in [0.29, 0.717) is 0 Å². The summed E-state index contributed by atoms with van der Waals surface area (Å²) in [5.74, 6) is 0. The third kappa shape index (κ3) is 9.35. The monoisotopic (exact) mass is 768 g/mol. The van der Waals surface area contributed by atoms with Gasteiger partial charge in [0.25, 0.3) is 0 Å². The summed E-state index contributed by atoms with van der Waals surface area (Å²) in [6.07, 6.45) is 8.50. The molecule has 0 spiro atoms. The topological polar surface area (TPSA) is 32.3 Å². The van der Waals surface area contributed by atoms with Gasteiger partial charge in [0.05, 0.1) is 11.4 Å². The molecule has 6 aromatic carbocycles. The van der Waals surface area contributed by atoms with E-state index in [1.54, 1.807) is 0 Å². The molecule has 2 aromatic heterocycles. The maximum Gasteiger partial charge on any atom is 0.0889 e. The van der Waals surface area contributed by atoms with Crippen LogP contribution in [0.2, 0.25) is 0 Å². The van der Waals surface area contributed by atoms with Crippen molar-refractivity contribution < 1.29 is 0 Å². The quantitative estimate of drug-likeness (QED) is 0.110. The predicted molar refractivity (Wildman–Crippen MR) is 248 cm³/mol. The minimum absolute atomic E-state index is 0.806. The Morgan fingerprint density at radius 2 is 0.593 bits per heavy atom. The number of benzene rings is 6. The van der Waals surface area contributed by atoms with E-state index >= 15 is 0 Å². The SMILES string of the molecule is CCc1ccc(N(c2ccc(C)cc2)c2ccc(Cc3ccnc(-c4cc(Cc5ccc(N(c6ccc(CC)cc6)c6ccc(CC)cc6)cc5)ccn4)c3)cc2)cc1. The fourth-order valence-corrected chi connectivity index (χ4v) is 7.68. The van der Waals surface area contributed by atoms with Crippen LogP contribution in [0.25, 0.3) is 11.4 Å². The minimum Gasteiger partial charge on any atom is -0.311 e. The molecule has 8 rings (SSSR count). The zero-order valence-corrected chi connectivity index (χ0v) is 34.6. The van der Waals surface area contributed by atoms with Gasteiger partial charge in [-0.1, -0.05) is 99.1 Å². The molecule has 0 N–H and O–H groups in total. The van der Waals surface area contributed by atoms with E-state index in [2.05, 4.69) is 207 Å². The summed E-state index contributed by atoms with van der Waals surface area (Å²) in [5.41, 5.74) is 18.8. The van der Waals surface area contributed by atoms with Crippen molar-refractivity contribution in [2.45, 2.75) is 59.8 Å². The first-order valence-corrected chi connectivity index (χ1v) is 21.0. The summed E-state index contributed by atoms with van der Waals surface area (Å²) in [6.45, 7) is 8.72. The first-order valence-electron chi connectivity index (χ1n) is 21.0. The molecule has 292 valence electrons. The van der Waals surface area contributed by atoms with Crippen molar-refractivity contribution in [1.29, 1.82) is 0 Å². The highest BCUT2D eigenvalue weighted by atomic mass is 15.1. The molecule has 0 amide bonds. The van der Waals surface area contributed by atoms with Gasteiger partial charge in [-0.25, -0.2) is 0 Å². The highest BCUT2D eigenvalue weighted by Crippen LogP contribution is 2.37. The molecule has 0 aliphatic heterocycles. The molecule has 0 unspecified atom stereocenters. The van der Waals surface area contributed by atoms with Gasteiger partial charge in [0.2, 0.25) is 0 Å². The van der Waals surface area contributed by atoms with Gasteiger partial charge in [0.15, 0.2) is 0 Å². The summed E-state index contributed by atoms with van der Waals surface area (Å²) in [5, 5.41) is 0. The van der Waals surface area contributed by atoms with E-state index in [0.717, 1.165) is 77.6 Å². The lowest BCUT2D eigenvalue weighted by molar-refractivity contribution is 1.13. The Morgan fingerprint density at radius 3 is 0.881 bits per heavy atom. The average molecular weight is 769 g/mol. The third-order valence-electron chi connectivity index (χ3n) is 11.2. The van der Waals surface area contributed by atoms with Gasteiger partial charge in [-0.05, 0) is 175 Å². The van der Waals surface area contributed by atoms with E-state index < -0.39 is 0 Å². The second-order valence-electron chi connectivity index (χ2n) is 15.4. The number of anilines is 6. The maximum atomic E-state index is 4.76. The van der Waals surface area contributed by atoms with Crippen molar-refractivity contribution >= 4 is 34.1 Å². The van der Waals surface area contributed by atoms with Gasteiger partial charge in [-0.2, -0.15) is 0 Å². The Balaban J connectivity index is 0.977. The van der Waals surface area contributed by atoms with Crippen LogP contribution >= 0.6 is 0 Å². The minimum atomic E-state index is 0.806. The molecule has 0 bridgehead atoms. The van der Waals surface area contributed by atoms with Crippen LogP contribution in [0.15, 0.2) is 182 Å². The molecule has 0 fully saturated rings. The molecule has 0 aliphatic rings. The van der Waals surface area contributed by atoms with Crippen LogP contribution < -0.4 is 9.80 Å². The zero-order valence-electron chi connectivity index (χ0n) is 34.6. The Bertz CT molecular complexity index is 2530. The lowest BCUT2D eigenvalue weighted by atomic mass is 10.0. The van der Waals surface area contributed by atoms with Crippen molar-refractivity contribution in [2.75, 3.05) is 9.80 Å². The molecular weight excluding hydrogens is 717 g/mol. The van der Waals surface area contributed by atoms with Gasteiger partial charge >= 0.3 is 0 Å². The first kappa shape index (κ1) is 39.1. The summed E-state index contributed by atoms with van der Waals surface area (Å²) in [6, 6.07) is 62.0. The van der Waals surface area contributed by atoms with Crippen molar-refractivity contribution in [1.82, 2.24) is 9.97 Å². The van der Waals surface area contributed by atoms with Gasteiger partial charge < -0.3 is 9.80 Å². The second-order valence-corrected chi connectivity index (χ2v) is 15.4. The Kier molecular flexibility index (Phi) is 12.1. The number of aromatic nitrogens is 2. The highest BCUT2D eigenvalue weighted by Gasteiger charge is 2.15. The maximum absolute atomic E-state index is 4.76. The number of pyridine rings is 2. The largest absolute Gasteiger partial charge is 0.311 e. The molecule has 8 aromatic rings. The fraction of sp³-hybridized carbons (Fsp3) is 0.164. The van der Waals surface area contributed by atoms with Crippen LogP contribution in [0.1, 0.15) is 65.3 Å². The molecule has 0 atom stereocenters. The van der Waals surface area contributed by atoms with Crippen LogP contribution in [-0.2, 0) is 32.1 Å². The number of aryl methyl sites for hydroxylation is 4. The van der Waals surface area contributed by atoms with Crippen molar-refractivity contribution in [2.24, 2.45) is 0 Å². The van der Waals surface area contributed by atoms with Gasteiger partial charge in [-0.15, -0.1) is 0 Å². The number of rotatable bonds is 14. The fourth-order valence-electron chi connectivity index (χ4n) is 7.68. The molecule has 4 nitrogen and oxygen atoms in total. The molecule has 4 heteroatoms. The number of hydrogen-bond donors (Lipinski definition) is 0. The van der Waals surface area contributed by atoms with Crippen LogP contribution in [0, 0.1) is 6.92 Å². The van der Waals surface area contributed by atoms with Crippen LogP contribution in [0.3, 0.4) is 0 Å². The number of hydrogen-bond acceptors (Lipinski definition) is 4. The zero-order chi connectivity index (χ0) is 40.6. The first-order chi connectivity index (χ1) is 29.0. The Hall–Kier alpha value is -6.78. The molecule has 0 radical (unpaired) electrons. The lowest BCUT2D eigenvalue weighted by Gasteiger charge is -2.26. The highest BCUT2D eigenvalue weighted by molar-refractivity contribution is 5.78. The summed E-state index contributed by atoms with van der Waals surface area (Å²) < 4.78 is 0. The van der Waals surface area contributed by atoms with E-state index in [1.807, 2.05) is 12.4 Å². The van der Waals surface area contributed by atoms with Crippen LogP contribution in [0.5, 0.6) is 0 Å². The molecule has 0 saturated carbocycles. The van der Waals surface area contributed by atoms with Crippen LogP contribution in [-0.4, -0.2) is 9.97 Å². The molecule has 0 saturated heterocycles. The Labute approximate surface area is 350 Å². The van der Waals surface area contributed by atoms with E-state index in [4.69, 9.17) is 9.97 Å². The summed E-state index contributed by atoms with van der Waals surface area (Å²) in [4.78, 5) is 14.2. The van der Waals surface area contributed by atoms with E-state index in [1.165, 1.54) is 44.5 Å². The molecular formula is C55H52N4. The summed E-state index contributed by atoms with van der Waals surface area (Å²) in [7, 11) is 0. The normalized spacial score (nSPS) is 11.1. The smallest absolute Gasteiger partial charge is 0.0889 e. The summed E-state index contributed by atoms with van der Waals surface area (Å²) >= 11 is 0. The lowest BCUT2D eigenvalue weighted by Crippen LogP contribution is -2.10.